The van der Waals surface area contributed by atoms with E-state index in [1.54, 1.807) is 61.7 Å². The topological polar surface area (TPSA) is 85.9 Å². The first-order chi connectivity index (χ1) is 16.7. The molecule has 0 unspecified atom stereocenters. The molecule has 0 fully saturated rings. The van der Waals surface area contributed by atoms with Gasteiger partial charge >= 0.3 is 5.97 Å². The number of halogens is 1. The summed E-state index contributed by atoms with van der Waals surface area (Å²) in [6.07, 6.45) is 3.55. The maximum atomic E-state index is 15.4. The summed E-state index contributed by atoms with van der Waals surface area (Å²) < 4.78 is 28.3. The lowest BCUT2D eigenvalue weighted by Gasteiger charge is -2.20. The highest BCUT2D eigenvalue weighted by atomic mass is 19.1. The van der Waals surface area contributed by atoms with Gasteiger partial charge in [0, 0.05) is 5.56 Å². The van der Waals surface area contributed by atoms with Crippen LogP contribution in [0.15, 0.2) is 54.2 Å². The summed E-state index contributed by atoms with van der Waals surface area (Å²) in [6, 6.07) is 11.9. The number of aromatic nitrogens is 2. The van der Waals surface area contributed by atoms with E-state index in [-0.39, 0.29) is 17.7 Å². The van der Waals surface area contributed by atoms with E-state index in [1.807, 2.05) is 6.92 Å². The maximum Gasteiger partial charge on any atom is 0.339 e. The minimum absolute atomic E-state index is 0.214. The number of esters is 1. The van der Waals surface area contributed by atoms with Gasteiger partial charge < -0.3 is 14.7 Å². The van der Waals surface area contributed by atoms with E-state index in [4.69, 9.17) is 14.7 Å². The number of hydrogen-bond acceptors (Lipinski definition) is 6. The van der Waals surface area contributed by atoms with Gasteiger partial charge in [0.25, 0.3) is 6.01 Å². The molecule has 1 N–H and O–H groups in total. The minimum atomic E-state index is -0.672. The largest absolute Gasteiger partial charge is 0.465 e. The van der Waals surface area contributed by atoms with Crippen molar-refractivity contribution in [2.24, 2.45) is 5.16 Å². The summed E-state index contributed by atoms with van der Waals surface area (Å²) in [7, 11) is 0. The van der Waals surface area contributed by atoms with Crippen LogP contribution < -0.4 is 4.74 Å². The van der Waals surface area contributed by atoms with E-state index in [1.165, 1.54) is 18.4 Å². The Kier molecular flexibility index (Phi) is 8.06. The van der Waals surface area contributed by atoms with Crippen molar-refractivity contribution in [1.82, 2.24) is 9.55 Å². The quantitative estimate of drug-likeness (QED) is 0.178. The van der Waals surface area contributed by atoms with Crippen molar-refractivity contribution in [3.05, 3.63) is 77.4 Å². The lowest BCUT2D eigenvalue weighted by molar-refractivity contribution is 0.00704. The molecule has 0 atom stereocenters. The number of ether oxygens (including phenoxy) is 2. The van der Waals surface area contributed by atoms with Crippen molar-refractivity contribution in [2.75, 3.05) is 6.61 Å². The Labute approximate surface area is 204 Å². The normalized spacial score (nSPS) is 11.6. The van der Waals surface area contributed by atoms with Crippen molar-refractivity contribution >= 4 is 18.3 Å². The average molecular weight is 480 g/mol. The van der Waals surface area contributed by atoms with Gasteiger partial charge in [-0.2, -0.15) is 4.98 Å². The van der Waals surface area contributed by atoms with Gasteiger partial charge in [0.15, 0.2) is 0 Å². The first-order valence-corrected chi connectivity index (χ1v) is 11.3. The fourth-order valence-corrected chi connectivity index (χ4v) is 3.55. The van der Waals surface area contributed by atoms with Crippen LogP contribution in [0.2, 0.25) is 0 Å². The molecule has 35 heavy (non-hydrogen) atoms. The van der Waals surface area contributed by atoms with Gasteiger partial charge in [-0.1, -0.05) is 49.0 Å². The molecule has 0 aliphatic rings. The number of imidazole rings is 1. The minimum Gasteiger partial charge on any atom is -0.465 e. The number of hydrogen-bond donors (Lipinski definition) is 1. The summed E-state index contributed by atoms with van der Waals surface area (Å²) >= 11 is 0. The van der Waals surface area contributed by atoms with Gasteiger partial charge in [0.05, 0.1) is 36.3 Å². The van der Waals surface area contributed by atoms with Crippen molar-refractivity contribution < 1.29 is 23.9 Å². The van der Waals surface area contributed by atoms with Gasteiger partial charge in [-0.3, -0.25) is 4.57 Å². The Morgan fingerprint density at radius 1 is 1.23 bits per heavy atom. The van der Waals surface area contributed by atoms with Crippen LogP contribution in [0.4, 0.5) is 4.39 Å². The number of carbonyl (C=O) groups excluding carboxylic acids is 1. The molecule has 0 saturated carbocycles. The monoisotopic (exact) mass is 479 g/mol. The molecular weight excluding hydrogens is 449 g/mol. The number of oxime groups is 1. The molecule has 1 heterocycles. The fourth-order valence-electron chi connectivity index (χ4n) is 3.55. The molecule has 0 aliphatic carbocycles. The smallest absolute Gasteiger partial charge is 0.339 e. The zero-order valence-corrected chi connectivity index (χ0v) is 20.4. The predicted molar refractivity (Wildman–Crippen MR) is 134 cm³/mol. The molecule has 3 aromatic rings. The van der Waals surface area contributed by atoms with Crippen LogP contribution in [0.3, 0.4) is 0 Å². The van der Waals surface area contributed by atoms with Crippen LogP contribution in [0.5, 0.6) is 6.01 Å². The maximum absolute atomic E-state index is 15.4. The molecule has 0 amide bonds. The molecule has 184 valence electrons. The molecule has 0 saturated heterocycles. The lowest BCUT2D eigenvalue weighted by atomic mass is 9.97. The molecule has 0 radical (unpaired) electrons. The Bertz CT molecular complexity index is 1240. The highest BCUT2D eigenvalue weighted by molar-refractivity contribution is 5.97. The van der Waals surface area contributed by atoms with Crippen LogP contribution in [0.1, 0.15) is 61.4 Å². The van der Waals surface area contributed by atoms with E-state index in [2.05, 4.69) is 16.7 Å². The summed E-state index contributed by atoms with van der Waals surface area (Å²) in [5.41, 5.74) is 1.94. The van der Waals surface area contributed by atoms with Crippen LogP contribution in [0, 0.1) is 5.82 Å². The van der Waals surface area contributed by atoms with Gasteiger partial charge in [0.1, 0.15) is 11.4 Å². The van der Waals surface area contributed by atoms with E-state index < -0.39 is 17.4 Å². The molecule has 0 bridgehead atoms. The lowest BCUT2D eigenvalue weighted by Crippen LogP contribution is -2.24. The van der Waals surface area contributed by atoms with Crippen LogP contribution in [-0.2, 0) is 11.3 Å². The van der Waals surface area contributed by atoms with E-state index in [0.717, 1.165) is 6.42 Å². The van der Waals surface area contributed by atoms with Gasteiger partial charge in [-0.05, 0) is 56.5 Å². The van der Waals surface area contributed by atoms with Crippen molar-refractivity contribution in [1.29, 1.82) is 0 Å². The number of rotatable bonds is 9. The first-order valence-electron chi connectivity index (χ1n) is 11.3. The van der Waals surface area contributed by atoms with Gasteiger partial charge in [-0.15, -0.1) is 0 Å². The molecule has 8 heteroatoms. The average Bonchev–Trinajstić information content (AvgIpc) is 3.13. The summed E-state index contributed by atoms with van der Waals surface area (Å²) in [5, 5.41) is 12.2. The summed E-state index contributed by atoms with van der Waals surface area (Å²) in [6.45, 7) is 11.7. The van der Waals surface area contributed by atoms with Gasteiger partial charge in [-0.25, -0.2) is 9.18 Å². The molecule has 0 aliphatic heterocycles. The zero-order chi connectivity index (χ0) is 25.6. The standard InChI is InChI=1S/C27H30FN3O4/c1-6-14-34-26-30-23(7-2)24(16-29-33)31(26)17-18-12-13-20(22(28)15-18)19-10-8-9-11-21(19)25(32)35-27(3,4)5/h7-13,15-16,33H,2,6,14,17H2,1,3-5H3/b29-16-. The first kappa shape index (κ1) is 25.7. The Balaban J connectivity index is 1.99. The third kappa shape index (κ3) is 6.15. The Morgan fingerprint density at radius 2 is 1.97 bits per heavy atom. The molecule has 3 rings (SSSR count). The highest BCUT2D eigenvalue weighted by Gasteiger charge is 2.22. The Morgan fingerprint density at radius 3 is 2.60 bits per heavy atom. The van der Waals surface area contributed by atoms with Crippen LogP contribution in [-0.4, -0.2) is 39.2 Å². The van der Waals surface area contributed by atoms with Crippen LogP contribution in [0.25, 0.3) is 17.2 Å². The Hall–Kier alpha value is -3.94. The fraction of sp³-hybridized carbons (Fsp3) is 0.296. The molecule has 2 aromatic carbocycles. The molecular formula is C27H30FN3O4. The van der Waals surface area contributed by atoms with E-state index >= 15 is 4.39 Å². The molecule has 7 nitrogen and oxygen atoms in total. The number of carbonyl (C=O) groups is 1. The molecule has 0 spiro atoms. The third-order valence-electron chi connectivity index (χ3n) is 5.02. The second-order valence-corrected chi connectivity index (χ2v) is 8.91. The van der Waals surface area contributed by atoms with Crippen molar-refractivity contribution in [3.8, 4) is 17.1 Å². The number of benzene rings is 2. The molecule has 1 aromatic heterocycles. The van der Waals surface area contributed by atoms with Crippen LogP contribution >= 0.6 is 0 Å². The third-order valence-corrected chi connectivity index (χ3v) is 5.02. The zero-order valence-electron chi connectivity index (χ0n) is 20.4. The second-order valence-electron chi connectivity index (χ2n) is 8.91. The second kappa shape index (κ2) is 11.0. The highest BCUT2D eigenvalue weighted by Crippen LogP contribution is 2.29. The van der Waals surface area contributed by atoms with Crippen molar-refractivity contribution in [3.63, 3.8) is 0 Å². The van der Waals surface area contributed by atoms with Crippen molar-refractivity contribution in [2.45, 2.75) is 46.3 Å². The predicted octanol–water partition coefficient (Wildman–Crippen LogP) is 5.93. The van der Waals surface area contributed by atoms with Gasteiger partial charge in [0.2, 0.25) is 0 Å². The van der Waals surface area contributed by atoms with E-state index in [0.29, 0.717) is 35.1 Å². The summed E-state index contributed by atoms with van der Waals surface area (Å²) in [4.78, 5) is 17.1. The van der Waals surface area contributed by atoms with E-state index in [9.17, 15) is 4.79 Å². The summed E-state index contributed by atoms with van der Waals surface area (Å²) in [5.74, 6) is -1.01. The SMILES string of the molecule is C=Cc1nc(OCCC)n(Cc2ccc(-c3ccccc3C(=O)OC(C)(C)C)c(F)c2)c1/C=N\O. The number of nitrogens with zero attached hydrogens (tertiary/aromatic N) is 3.